The Labute approximate surface area is 183 Å². The van der Waals surface area contributed by atoms with E-state index in [-0.39, 0.29) is 28.1 Å². The smallest absolute Gasteiger partial charge is 0.305 e. The van der Waals surface area contributed by atoms with Gasteiger partial charge in [-0.2, -0.15) is 0 Å². The number of nitrogens with zero attached hydrogens (tertiary/aromatic N) is 2. The maximum atomic E-state index is 13.4. The zero-order chi connectivity index (χ0) is 21.4. The van der Waals surface area contributed by atoms with Crippen molar-refractivity contribution in [1.82, 2.24) is 4.90 Å². The maximum absolute atomic E-state index is 13.4. The molecule has 8 heteroatoms. The highest BCUT2D eigenvalue weighted by atomic mass is 32.2. The summed E-state index contributed by atoms with van der Waals surface area (Å²) in [7, 11) is 0. The second-order valence-electron chi connectivity index (χ2n) is 7.07. The summed E-state index contributed by atoms with van der Waals surface area (Å²) >= 11 is 6.34. The van der Waals surface area contributed by atoms with Crippen LogP contribution in [0.4, 0.5) is 5.69 Å². The number of hydrogen-bond acceptors (Lipinski definition) is 5. The first-order chi connectivity index (χ1) is 14.4. The molecule has 6 nitrogen and oxygen atoms in total. The average Bonchev–Trinajstić information content (AvgIpc) is 3.15. The van der Waals surface area contributed by atoms with Crippen molar-refractivity contribution in [2.24, 2.45) is 0 Å². The number of amides is 2. The SMILES string of the molecule is Cc1ccc(CN2C(=O)/C(=C3/SC(=S)N(CCC(=O)O)C3=O)c3ccccc32)cc1. The number of thioether (sulfide) groups is 1. The summed E-state index contributed by atoms with van der Waals surface area (Å²) in [6.07, 6.45) is -0.209. The number of aliphatic carboxylic acids is 1. The highest BCUT2D eigenvalue weighted by molar-refractivity contribution is 8.26. The van der Waals surface area contributed by atoms with Gasteiger partial charge in [-0.05, 0) is 18.6 Å². The van der Waals surface area contributed by atoms with Crippen LogP contribution in [0.2, 0.25) is 0 Å². The lowest BCUT2D eigenvalue weighted by atomic mass is 10.1. The number of hydrogen-bond donors (Lipinski definition) is 1. The van der Waals surface area contributed by atoms with Crippen LogP contribution in [0, 0.1) is 6.92 Å². The van der Waals surface area contributed by atoms with Gasteiger partial charge in [-0.1, -0.05) is 72.0 Å². The number of benzene rings is 2. The average molecular weight is 439 g/mol. The molecule has 0 spiro atoms. The number of aryl methyl sites for hydroxylation is 1. The molecule has 2 heterocycles. The molecule has 2 aromatic rings. The van der Waals surface area contributed by atoms with Crippen molar-refractivity contribution in [1.29, 1.82) is 0 Å². The van der Waals surface area contributed by atoms with Gasteiger partial charge in [0.05, 0.1) is 29.1 Å². The highest BCUT2D eigenvalue weighted by Gasteiger charge is 2.41. The summed E-state index contributed by atoms with van der Waals surface area (Å²) in [5.41, 5.74) is 3.88. The van der Waals surface area contributed by atoms with Crippen LogP contribution in [0.25, 0.3) is 5.57 Å². The summed E-state index contributed by atoms with van der Waals surface area (Å²) in [5.74, 6) is -1.68. The molecule has 2 aromatic carbocycles. The number of rotatable bonds is 5. The predicted molar refractivity (Wildman–Crippen MR) is 120 cm³/mol. The fourth-order valence-corrected chi connectivity index (χ4v) is 4.86. The first-order valence-corrected chi connectivity index (χ1v) is 10.6. The van der Waals surface area contributed by atoms with E-state index in [9.17, 15) is 14.4 Å². The van der Waals surface area contributed by atoms with Crippen LogP contribution < -0.4 is 4.90 Å². The Morgan fingerprint density at radius 1 is 1.03 bits per heavy atom. The summed E-state index contributed by atoms with van der Waals surface area (Å²) in [4.78, 5) is 40.4. The number of carboxylic acid groups (broad SMARTS) is 1. The van der Waals surface area contributed by atoms with E-state index in [1.807, 2.05) is 55.5 Å². The van der Waals surface area contributed by atoms with Gasteiger partial charge in [-0.25, -0.2) is 0 Å². The van der Waals surface area contributed by atoms with Crippen molar-refractivity contribution in [3.05, 3.63) is 70.1 Å². The molecule has 0 radical (unpaired) electrons. The minimum Gasteiger partial charge on any atom is -0.481 e. The number of thiocarbonyl (C=S) groups is 1. The fraction of sp³-hybridized carbons (Fsp3) is 0.182. The Hall–Kier alpha value is -2.97. The predicted octanol–water partition coefficient (Wildman–Crippen LogP) is 3.59. The van der Waals surface area contributed by atoms with E-state index >= 15 is 0 Å². The van der Waals surface area contributed by atoms with Crippen molar-refractivity contribution in [2.45, 2.75) is 19.9 Å². The standard InChI is InChI=1S/C22H18N2O4S2/c1-13-6-8-14(9-7-13)12-24-16-5-3-2-4-15(16)18(20(24)27)19-21(28)23(22(29)30-19)11-10-17(25)26/h2-9H,10-12H2,1H3,(H,25,26)/b19-18+. The van der Waals surface area contributed by atoms with E-state index in [1.165, 1.54) is 4.90 Å². The summed E-state index contributed by atoms with van der Waals surface area (Å²) in [6.45, 7) is 2.38. The van der Waals surface area contributed by atoms with Crippen LogP contribution in [0.15, 0.2) is 53.4 Å². The Morgan fingerprint density at radius 2 is 1.73 bits per heavy atom. The lowest BCUT2D eigenvalue weighted by Crippen LogP contribution is -2.31. The normalized spacial score (nSPS) is 18.4. The molecule has 30 heavy (non-hydrogen) atoms. The van der Waals surface area contributed by atoms with Gasteiger partial charge in [0.15, 0.2) is 0 Å². The molecule has 2 amide bonds. The Bertz CT molecular complexity index is 1110. The topological polar surface area (TPSA) is 77.9 Å². The number of para-hydroxylation sites is 1. The molecule has 1 fully saturated rings. The molecule has 0 unspecified atom stereocenters. The quantitative estimate of drug-likeness (QED) is 0.568. The number of anilines is 1. The molecular formula is C22H18N2O4S2. The van der Waals surface area contributed by atoms with E-state index in [2.05, 4.69) is 0 Å². The molecule has 0 atom stereocenters. The molecule has 152 valence electrons. The first-order valence-electron chi connectivity index (χ1n) is 9.33. The van der Waals surface area contributed by atoms with Crippen LogP contribution in [0.3, 0.4) is 0 Å². The van der Waals surface area contributed by atoms with Crippen molar-refractivity contribution in [3.8, 4) is 0 Å². The van der Waals surface area contributed by atoms with Crippen LogP contribution >= 0.6 is 24.0 Å². The van der Waals surface area contributed by atoms with Gasteiger partial charge in [0, 0.05) is 12.1 Å². The van der Waals surface area contributed by atoms with Crippen molar-refractivity contribution >= 4 is 57.3 Å². The van der Waals surface area contributed by atoms with E-state index in [1.54, 1.807) is 4.90 Å². The van der Waals surface area contributed by atoms with Gasteiger partial charge < -0.3 is 10.0 Å². The Morgan fingerprint density at radius 3 is 2.43 bits per heavy atom. The monoisotopic (exact) mass is 438 g/mol. The van der Waals surface area contributed by atoms with Crippen LogP contribution in [-0.2, 0) is 20.9 Å². The third-order valence-corrected chi connectivity index (χ3v) is 6.46. The van der Waals surface area contributed by atoms with Crippen LogP contribution in [-0.4, -0.2) is 38.7 Å². The van der Waals surface area contributed by atoms with Crippen molar-refractivity contribution in [3.63, 3.8) is 0 Å². The number of carbonyl (C=O) groups is 3. The number of fused-ring (bicyclic) bond motifs is 1. The third kappa shape index (κ3) is 3.64. The van der Waals surface area contributed by atoms with E-state index in [4.69, 9.17) is 17.3 Å². The highest BCUT2D eigenvalue weighted by Crippen LogP contribution is 2.45. The molecule has 0 aromatic heterocycles. The molecular weight excluding hydrogens is 420 g/mol. The molecule has 0 bridgehead atoms. The summed E-state index contributed by atoms with van der Waals surface area (Å²) in [6, 6.07) is 15.3. The van der Waals surface area contributed by atoms with Crippen LogP contribution in [0.1, 0.15) is 23.1 Å². The van der Waals surface area contributed by atoms with Gasteiger partial charge in [0.25, 0.3) is 11.8 Å². The summed E-state index contributed by atoms with van der Waals surface area (Å²) < 4.78 is 0.269. The second-order valence-corrected chi connectivity index (χ2v) is 8.71. The number of carbonyl (C=O) groups excluding carboxylic acids is 2. The van der Waals surface area contributed by atoms with Crippen molar-refractivity contribution in [2.75, 3.05) is 11.4 Å². The maximum Gasteiger partial charge on any atom is 0.305 e. The zero-order valence-electron chi connectivity index (χ0n) is 16.1. The van der Waals surface area contributed by atoms with E-state index in [0.29, 0.717) is 17.7 Å². The van der Waals surface area contributed by atoms with Gasteiger partial charge in [-0.15, -0.1) is 0 Å². The molecule has 1 saturated heterocycles. The van der Waals surface area contributed by atoms with Gasteiger partial charge in [0.1, 0.15) is 4.32 Å². The second kappa shape index (κ2) is 8.04. The lowest BCUT2D eigenvalue weighted by molar-refractivity contribution is -0.137. The molecule has 2 aliphatic heterocycles. The van der Waals surface area contributed by atoms with Gasteiger partial charge in [-0.3, -0.25) is 19.3 Å². The zero-order valence-corrected chi connectivity index (χ0v) is 17.8. The largest absolute Gasteiger partial charge is 0.481 e. The molecule has 0 aliphatic carbocycles. The number of carboxylic acids is 1. The van der Waals surface area contributed by atoms with Crippen LogP contribution in [0.5, 0.6) is 0 Å². The van der Waals surface area contributed by atoms with Gasteiger partial charge in [0.2, 0.25) is 0 Å². The Kier molecular flexibility index (Phi) is 5.44. The van der Waals surface area contributed by atoms with Gasteiger partial charge >= 0.3 is 5.97 Å². The van der Waals surface area contributed by atoms with E-state index < -0.39 is 11.9 Å². The minimum absolute atomic E-state index is 0.0142. The third-order valence-electron chi connectivity index (χ3n) is 5.01. The summed E-state index contributed by atoms with van der Waals surface area (Å²) in [5, 5.41) is 8.93. The molecule has 2 aliphatic rings. The lowest BCUT2D eigenvalue weighted by Gasteiger charge is -2.17. The Balaban J connectivity index is 1.71. The van der Waals surface area contributed by atoms with Crippen molar-refractivity contribution < 1.29 is 19.5 Å². The fourth-order valence-electron chi connectivity index (χ4n) is 3.48. The minimum atomic E-state index is -1.01. The first kappa shape index (κ1) is 20.3. The van der Waals surface area contributed by atoms with E-state index in [0.717, 1.165) is 28.6 Å². The molecule has 1 N–H and O–H groups in total. The molecule has 0 saturated carbocycles. The molecule has 4 rings (SSSR count).